The molecule has 16 heavy (non-hydrogen) atoms. The molecule has 1 saturated heterocycles. The number of hydrogen-bond acceptors (Lipinski definition) is 2. The van der Waals surface area contributed by atoms with E-state index in [-0.39, 0.29) is 5.91 Å². The summed E-state index contributed by atoms with van der Waals surface area (Å²) in [5, 5.41) is 2.78. The number of anilines is 1. The maximum atomic E-state index is 11.6. The van der Waals surface area contributed by atoms with Gasteiger partial charge in [0.15, 0.2) is 0 Å². The lowest BCUT2D eigenvalue weighted by molar-refractivity contribution is -0.120. The predicted molar refractivity (Wildman–Crippen MR) is 61.7 cm³/mol. The van der Waals surface area contributed by atoms with Gasteiger partial charge in [-0.2, -0.15) is 0 Å². The van der Waals surface area contributed by atoms with Gasteiger partial charge in [0, 0.05) is 13.0 Å². The lowest BCUT2D eigenvalue weighted by Crippen LogP contribution is -2.49. The SMILES string of the molecule is Cc1ccc(N2CCC(=O)NC2=O)c(Cl)c1. The molecule has 0 unspecified atom stereocenters. The topological polar surface area (TPSA) is 49.4 Å². The molecule has 1 fully saturated rings. The molecule has 1 heterocycles. The molecule has 0 aliphatic carbocycles. The minimum absolute atomic E-state index is 0.246. The molecule has 0 bridgehead atoms. The molecule has 0 radical (unpaired) electrons. The van der Waals surface area contributed by atoms with Crippen molar-refractivity contribution >= 4 is 29.2 Å². The average Bonchev–Trinajstić information content (AvgIpc) is 2.19. The quantitative estimate of drug-likeness (QED) is 0.815. The van der Waals surface area contributed by atoms with E-state index in [0.717, 1.165) is 5.56 Å². The van der Waals surface area contributed by atoms with E-state index in [1.807, 2.05) is 13.0 Å². The number of amides is 3. The van der Waals surface area contributed by atoms with E-state index < -0.39 is 6.03 Å². The molecule has 1 N–H and O–H groups in total. The highest BCUT2D eigenvalue weighted by molar-refractivity contribution is 6.34. The van der Waals surface area contributed by atoms with Crippen molar-refractivity contribution in [1.82, 2.24) is 5.32 Å². The van der Waals surface area contributed by atoms with E-state index in [1.54, 1.807) is 12.1 Å². The first kappa shape index (κ1) is 11.0. The van der Waals surface area contributed by atoms with E-state index in [0.29, 0.717) is 23.7 Å². The summed E-state index contributed by atoms with van der Waals surface area (Å²) in [4.78, 5) is 24.1. The minimum atomic E-state index is -0.415. The molecule has 0 saturated carbocycles. The molecular formula is C11H11ClN2O2. The standard InChI is InChI=1S/C11H11ClN2O2/c1-7-2-3-9(8(12)6-7)14-5-4-10(15)13-11(14)16/h2-3,6H,4-5H2,1H3,(H,13,15,16). The maximum Gasteiger partial charge on any atom is 0.328 e. The van der Waals surface area contributed by atoms with E-state index in [9.17, 15) is 9.59 Å². The number of benzene rings is 1. The van der Waals surface area contributed by atoms with Gasteiger partial charge in [0.1, 0.15) is 0 Å². The number of carbonyl (C=O) groups excluding carboxylic acids is 2. The summed E-state index contributed by atoms with van der Waals surface area (Å²) in [6.07, 6.45) is 0.302. The number of halogens is 1. The van der Waals surface area contributed by atoms with Crippen molar-refractivity contribution < 1.29 is 9.59 Å². The van der Waals surface area contributed by atoms with E-state index >= 15 is 0 Å². The molecule has 0 aromatic heterocycles. The number of imide groups is 1. The fourth-order valence-corrected chi connectivity index (χ4v) is 1.96. The molecule has 1 aliphatic rings. The van der Waals surface area contributed by atoms with Gasteiger partial charge in [-0.05, 0) is 24.6 Å². The summed E-state index contributed by atoms with van der Waals surface area (Å²) in [7, 11) is 0. The Balaban J connectivity index is 2.30. The number of aryl methyl sites for hydroxylation is 1. The largest absolute Gasteiger partial charge is 0.328 e. The molecule has 4 nitrogen and oxygen atoms in total. The lowest BCUT2D eigenvalue weighted by Gasteiger charge is -2.27. The number of rotatable bonds is 1. The molecule has 0 atom stereocenters. The van der Waals surface area contributed by atoms with Crippen LogP contribution in [0.15, 0.2) is 18.2 Å². The van der Waals surface area contributed by atoms with Gasteiger partial charge < -0.3 is 0 Å². The minimum Gasteiger partial charge on any atom is -0.292 e. The molecule has 2 rings (SSSR count). The molecule has 3 amide bonds. The Morgan fingerprint density at radius 3 is 2.75 bits per heavy atom. The highest BCUT2D eigenvalue weighted by atomic mass is 35.5. The summed E-state index contributed by atoms with van der Waals surface area (Å²) < 4.78 is 0. The van der Waals surface area contributed by atoms with Gasteiger partial charge in [-0.3, -0.25) is 15.0 Å². The van der Waals surface area contributed by atoms with E-state index in [4.69, 9.17) is 11.6 Å². The molecule has 5 heteroatoms. The van der Waals surface area contributed by atoms with Gasteiger partial charge in [-0.25, -0.2) is 4.79 Å². The van der Waals surface area contributed by atoms with Crippen LogP contribution in [-0.2, 0) is 4.79 Å². The smallest absolute Gasteiger partial charge is 0.292 e. The summed E-state index contributed by atoms with van der Waals surface area (Å²) in [6, 6.07) is 5.04. The van der Waals surface area contributed by atoms with Gasteiger partial charge in [-0.15, -0.1) is 0 Å². The third-order valence-electron chi connectivity index (χ3n) is 2.45. The van der Waals surface area contributed by atoms with Crippen molar-refractivity contribution in [3.63, 3.8) is 0 Å². The number of nitrogens with zero attached hydrogens (tertiary/aromatic N) is 1. The number of carbonyl (C=O) groups is 2. The molecule has 84 valence electrons. The Hall–Kier alpha value is -1.55. The Morgan fingerprint density at radius 1 is 1.38 bits per heavy atom. The average molecular weight is 239 g/mol. The van der Waals surface area contributed by atoms with Crippen molar-refractivity contribution in [1.29, 1.82) is 0 Å². The second-order valence-electron chi connectivity index (χ2n) is 3.71. The van der Waals surface area contributed by atoms with Crippen LogP contribution < -0.4 is 10.2 Å². The van der Waals surface area contributed by atoms with Gasteiger partial charge in [0.25, 0.3) is 0 Å². The van der Waals surface area contributed by atoms with Crippen LogP contribution in [-0.4, -0.2) is 18.5 Å². The summed E-state index contributed by atoms with van der Waals surface area (Å²) in [5.41, 5.74) is 1.67. The van der Waals surface area contributed by atoms with Crippen LogP contribution in [0.5, 0.6) is 0 Å². The van der Waals surface area contributed by atoms with Crippen molar-refractivity contribution in [3.05, 3.63) is 28.8 Å². The maximum absolute atomic E-state index is 11.6. The van der Waals surface area contributed by atoms with Gasteiger partial charge >= 0.3 is 6.03 Å². The molecule has 1 aromatic carbocycles. The van der Waals surface area contributed by atoms with Crippen molar-refractivity contribution in [2.75, 3.05) is 11.4 Å². The summed E-state index contributed by atoms with van der Waals surface area (Å²) >= 11 is 6.06. The van der Waals surface area contributed by atoms with Crippen LogP contribution in [0.3, 0.4) is 0 Å². The van der Waals surface area contributed by atoms with Crippen LogP contribution in [0.1, 0.15) is 12.0 Å². The Kier molecular flexibility index (Phi) is 2.83. The molecular weight excluding hydrogens is 228 g/mol. The second kappa shape index (κ2) is 4.14. The summed E-state index contributed by atoms with van der Waals surface area (Å²) in [5.74, 6) is -0.246. The Bertz CT molecular complexity index is 459. The first-order valence-electron chi connectivity index (χ1n) is 4.95. The molecule has 0 spiro atoms. The number of hydrogen-bond donors (Lipinski definition) is 1. The van der Waals surface area contributed by atoms with Crippen molar-refractivity contribution in [2.45, 2.75) is 13.3 Å². The highest BCUT2D eigenvalue weighted by Gasteiger charge is 2.25. The first-order valence-corrected chi connectivity index (χ1v) is 5.33. The van der Waals surface area contributed by atoms with Gasteiger partial charge in [-0.1, -0.05) is 17.7 Å². The third-order valence-corrected chi connectivity index (χ3v) is 2.75. The Labute approximate surface area is 98.2 Å². The molecule has 1 aliphatic heterocycles. The fourth-order valence-electron chi connectivity index (χ4n) is 1.62. The number of nitrogens with one attached hydrogen (secondary N) is 1. The zero-order valence-corrected chi connectivity index (χ0v) is 9.54. The fraction of sp³-hybridized carbons (Fsp3) is 0.273. The van der Waals surface area contributed by atoms with E-state index in [2.05, 4.69) is 5.32 Å². The van der Waals surface area contributed by atoms with Crippen LogP contribution >= 0.6 is 11.6 Å². The van der Waals surface area contributed by atoms with Crippen molar-refractivity contribution in [2.24, 2.45) is 0 Å². The second-order valence-corrected chi connectivity index (χ2v) is 4.12. The predicted octanol–water partition coefficient (Wildman–Crippen LogP) is 2.09. The van der Waals surface area contributed by atoms with Crippen LogP contribution in [0.4, 0.5) is 10.5 Å². The van der Waals surface area contributed by atoms with Crippen LogP contribution in [0.2, 0.25) is 5.02 Å². The number of urea groups is 1. The monoisotopic (exact) mass is 238 g/mol. The Morgan fingerprint density at radius 2 is 2.12 bits per heavy atom. The van der Waals surface area contributed by atoms with Crippen LogP contribution in [0, 0.1) is 6.92 Å². The van der Waals surface area contributed by atoms with Crippen molar-refractivity contribution in [3.8, 4) is 0 Å². The van der Waals surface area contributed by atoms with Crippen LogP contribution in [0.25, 0.3) is 0 Å². The zero-order chi connectivity index (χ0) is 11.7. The normalized spacial score (nSPS) is 16.2. The van der Waals surface area contributed by atoms with E-state index in [1.165, 1.54) is 4.90 Å². The third kappa shape index (κ3) is 2.02. The van der Waals surface area contributed by atoms with Gasteiger partial charge in [0.05, 0.1) is 10.7 Å². The first-order chi connectivity index (χ1) is 7.58. The highest BCUT2D eigenvalue weighted by Crippen LogP contribution is 2.27. The lowest BCUT2D eigenvalue weighted by atomic mass is 10.2. The molecule has 1 aromatic rings. The summed E-state index contributed by atoms with van der Waals surface area (Å²) in [6.45, 7) is 2.29. The zero-order valence-electron chi connectivity index (χ0n) is 8.79. The van der Waals surface area contributed by atoms with Gasteiger partial charge in [0.2, 0.25) is 5.91 Å².